The van der Waals surface area contributed by atoms with Crippen LogP contribution in [0.5, 0.6) is 0 Å². The summed E-state index contributed by atoms with van der Waals surface area (Å²) < 4.78 is 34.4. The number of urea groups is 1. The molecule has 0 radical (unpaired) electrons. The summed E-state index contributed by atoms with van der Waals surface area (Å²) in [5, 5.41) is 1.30. The number of hydrogen-bond donors (Lipinski definition) is 1. The molecule has 0 bridgehead atoms. The Hall–Kier alpha value is -1.11. The molecule has 1 N–H and O–H groups in total. The Morgan fingerprint density at radius 3 is 2.47 bits per heavy atom. The minimum absolute atomic E-state index is 0.211. The van der Waals surface area contributed by atoms with Crippen LogP contribution in [0.15, 0.2) is 11.2 Å². The Morgan fingerprint density at radius 1 is 1.53 bits per heavy atom. The predicted octanol–water partition coefficient (Wildman–Crippen LogP) is 0.113. The van der Waals surface area contributed by atoms with Crippen LogP contribution in [-0.2, 0) is 9.84 Å². The Balaban J connectivity index is 2.51. The molecule has 0 aliphatic carbocycles. The van der Waals surface area contributed by atoms with Crippen LogP contribution in [0, 0.1) is 5.92 Å². The van der Waals surface area contributed by atoms with Crippen molar-refractivity contribution in [1.82, 2.24) is 10.2 Å². The summed E-state index contributed by atoms with van der Waals surface area (Å²) in [4.78, 5) is 12.5. The van der Waals surface area contributed by atoms with E-state index in [0.717, 1.165) is 12.3 Å². The van der Waals surface area contributed by atoms with Gasteiger partial charge in [-0.1, -0.05) is 0 Å². The summed E-state index contributed by atoms with van der Waals surface area (Å²) in [5.74, 6) is -0.211. The lowest BCUT2D eigenvalue weighted by Gasteiger charge is -2.37. The topological polar surface area (TPSA) is 66.5 Å². The van der Waals surface area contributed by atoms with Crippen molar-refractivity contribution in [2.45, 2.75) is 0 Å². The van der Waals surface area contributed by atoms with Crippen LogP contribution in [0.4, 0.5) is 9.18 Å². The third kappa shape index (κ3) is 2.92. The van der Waals surface area contributed by atoms with Gasteiger partial charge in [-0.2, -0.15) is 4.39 Å². The molecule has 0 spiro atoms. The zero-order valence-corrected chi connectivity index (χ0v) is 9.34. The smallest absolute Gasteiger partial charge is 0.317 e. The minimum Gasteiger partial charge on any atom is -0.341 e. The van der Waals surface area contributed by atoms with Crippen molar-refractivity contribution >= 4 is 15.9 Å². The number of nitrogens with zero attached hydrogens (tertiary/aromatic N) is 1. The summed E-state index contributed by atoms with van der Waals surface area (Å²) in [7, 11) is -2.24. The first-order valence-corrected chi connectivity index (χ1v) is 6.27. The summed E-state index contributed by atoms with van der Waals surface area (Å²) in [6.45, 7) is 0.700. The fraction of sp³-hybridized carbons (Fsp3) is 0.625. The average Bonchev–Trinajstić information content (AvgIpc) is 2.07. The van der Waals surface area contributed by atoms with Gasteiger partial charge < -0.3 is 10.2 Å². The Kier molecular flexibility index (Phi) is 3.33. The third-order valence-electron chi connectivity index (χ3n) is 2.13. The second-order valence-electron chi connectivity index (χ2n) is 3.46. The normalized spacial score (nSPS) is 18.6. The van der Waals surface area contributed by atoms with Crippen molar-refractivity contribution in [3.63, 3.8) is 0 Å². The van der Waals surface area contributed by atoms with Gasteiger partial charge in [0.05, 0.1) is 0 Å². The van der Waals surface area contributed by atoms with Gasteiger partial charge in [-0.3, -0.25) is 0 Å². The molecule has 0 aromatic carbocycles. The van der Waals surface area contributed by atoms with Crippen LogP contribution in [0.1, 0.15) is 0 Å². The van der Waals surface area contributed by atoms with Gasteiger partial charge in [0, 0.05) is 32.3 Å². The number of sulfone groups is 1. The number of carbonyl (C=O) groups excluding carboxylic acids is 1. The van der Waals surface area contributed by atoms with Crippen molar-refractivity contribution in [1.29, 1.82) is 0 Å². The van der Waals surface area contributed by atoms with Crippen molar-refractivity contribution in [3.05, 3.63) is 11.2 Å². The van der Waals surface area contributed by atoms with Gasteiger partial charge in [0.1, 0.15) is 0 Å². The van der Waals surface area contributed by atoms with Gasteiger partial charge in [-0.25, -0.2) is 13.2 Å². The highest BCUT2D eigenvalue weighted by atomic mass is 32.2. The predicted molar refractivity (Wildman–Crippen MR) is 53.6 cm³/mol. The SMILES string of the molecule is CNC(=O)N1CC(/C=C(\F)S(C)(=O)=O)C1. The van der Waals surface area contributed by atoms with E-state index in [2.05, 4.69) is 5.32 Å². The molecule has 1 aliphatic heterocycles. The van der Waals surface area contributed by atoms with Crippen molar-refractivity contribution in [3.8, 4) is 0 Å². The molecule has 1 saturated heterocycles. The molecule has 7 heteroatoms. The second kappa shape index (κ2) is 4.18. The van der Waals surface area contributed by atoms with E-state index in [4.69, 9.17) is 0 Å². The Morgan fingerprint density at radius 2 is 2.07 bits per heavy atom. The van der Waals surface area contributed by atoms with E-state index < -0.39 is 15.0 Å². The first-order valence-electron chi connectivity index (χ1n) is 4.38. The molecule has 0 aromatic rings. The van der Waals surface area contributed by atoms with E-state index in [-0.39, 0.29) is 11.9 Å². The summed E-state index contributed by atoms with van der Waals surface area (Å²) >= 11 is 0. The number of rotatable bonds is 2. The number of amides is 2. The standard InChI is InChI=1S/C8H13FN2O3S/c1-10-8(12)11-4-6(5-11)3-7(9)15(2,13)14/h3,6H,4-5H2,1-2H3,(H,10,12)/b7-3+. The van der Waals surface area contributed by atoms with Gasteiger partial charge in [0.25, 0.3) is 0 Å². The molecule has 1 fully saturated rings. The third-order valence-corrected chi connectivity index (χ3v) is 2.98. The fourth-order valence-corrected chi connectivity index (χ4v) is 1.69. The molecule has 86 valence electrons. The Bertz CT molecular complexity index is 385. The maximum absolute atomic E-state index is 12.9. The van der Waals surface area contributed by atoms with Gasteiger partial charge in [0.2, 0.25) is 15.0 Å². The molecule has 0 aromatic heterocycles. The van der Waals surface area contributed by atoms with Crippen molar-refractivity contribution < 1.29 is 17.6 Å². The van der Waals surface area contributed by atoms with Crippen LogP contribution >= 0.6 is 0 Å². The van der Waals surface area contributed by atoms with E-state index in [1.54, 1.807) is 0 Å². The zero-order valence-electron chi connectivity index (χ0n) is 8.53. The maximum Gasteiger partial charge on any atom is 0.317 e. The molecule has 0 unspecified atom stereocenters. The number of carbonyl (C=O) groups is 1. The van der Waals surface area contributed by atoms with Gasteiger partial charge in [0.15, 0.2) is 0 Å². The van der Waals surface area contributed by atoms with Gasteiger partial charge in [-0.05, 0) is 6.08 Å². The number of hydrogen-bond acceptors (Lipinski definition) is 3. The van der Waals surface area contributed by atoms with Gasteiger partial charge in [-0.15, -0.1) is 0 Å². The molecular formula is C8H13FN2O3S. The zero-order chi connectivity index (χ0) is 11.6. The van der Waals surface area contributed by atoms with Crippen LogP contribution in [0.25, 0.3) is 0 Å². The van der Waals surface area contributed by atoms with E-state index >= 15 is 0 Å². The molecule has 1 heterocycles. The van der Waals surface area contributed by atoms with E-state index in [1.165, 1.54) is 11.9 Å². The van der Waals surface area contributed by atoms with Crippen molar-refractivity contribution in [2.24, 2.45) is 5.92 Å². The number of halogens is 1. The van der Waals surface area contributed by atoms with E-state index in [1.807, 2.05) is 0 Å². The number of nitrogens with one attached hydrogen (secondary N) is 1. The average molecular weight is 236 g/mol. The lowest BCUT2D eigenvalue weighted by Crippen LogP contribution is -2.52. The first kappa shape index (κ1) is 12.0. The van der Waals surface area contributed by atoms with Crippen molar-refractivity contribution in [2.75, 3.05) is 26.4 Å². The molecule has 5 nitrogen and oxygen atoms in total. The van der Waals surface area contributed by atoms with Crippen LogP contribution in [0.3, 0.4) is 0 Å². The number of likely N-dealkylation sites (tertiary alicyclic amines) is 1. The molecule has 2 amide bonds. The van der Waals surface area contributed by atoms with Crippen LogP contribution in [-0.4, -0.2) is 45.7 Å². The molecular weight excluding hydrogens is 223 g/mol. The van der Waals surface area contributed by atoms with Gasteiger partial charge >= 0.3 is 6.03 Å². The molecule has 0 saturated carbocycles. The lowest BCUT2D eigenvalue weighted by molar-refractivity contribution is 0.142. The van der Waals surface area contributed by atoms with Crippen LogP contribution in [0.2, 0.25) is 0 Å². The monoisotopic (exact) mass is 236 g/mol. The van der Waals surface area contributed by atoms with Crippen LogP contribution < -0.4 is 5.32 Å². The summed E-state index contributed by atoms with van der Waals surface area (Å²) in [5.41, 5.74) is 0. The summed E-state index contributed by atoms with van der Waals surface area (Å²) in [6, 6.07) is -0.237. The maximum atomic E-state index is 12.9. The Labute approximate surface area is 87.9 Å². The highest BCUT2D eigenvalue weighted by Gasteiger charge is 2.29. The van der Waals surface area contributed by atoms with E-state index in [0.29, 0.717) is 13.1 Å². The molecule has 0 atom stereocenters. The quantitative estimate of drug-likeness (QED) is 0.740. The minimum atomic E-state index is -3.74. The second-order valence-corrected chi connectivity index (χ2v) is 5.40. The highest BCUT2D eigenvalue weighted by Crippen LogP contribution is 2.20. The molecule has 1 rings (SSSR count). The molecule has 15 heavy (non-hydrogen) atoms. The first-order chi connectivity index (χ1) is 6.84. The largest absolute Gasteiger partial charge is 0.341 e. The lowest BCUT2D eigenvalue weighted by atomic mass is 10.0. The molecule has 1 aliphatic rings. The fourth-order valence-electron chi connectivity index (χ4n) is 1.25. The highest BCUT2D eigenvalue weighted by molar-refractivity contribution is 7.94. The summed E-state index contributed by atoms with van der Waals surface area (Å²) in [6.07, 6.45) is 1.86. The van der Waals surface area contributed by atoms with E-state index in [9.17, 15) is 17.6 Å².